The maximum absolute atomic E-state index is 12.4. The summed E-state index contributed by atoms with van der Waals surface area (Å²) in [6, 6.07) is 7.91. The average Bonchev–Trinajstić information content (AvgIpc) is 3.25. The van der Waals surface area contributed by atoms with Crippen LogP contribution >= 0.6 is 15.9 Å². The molecule has 1 amide bonds. The van der Waals surface area contributed by atoms with E-state index in [2.05, 4.69) is 31.4 Å². The third-order valence-corrected chi connectivity index (χ3v) is 4.19. The van der Waals surface area contributed by atoms with Gasteiger partial charge in [0.15, 0.2) is 0 Å². The molecule has 8 nitrogen and oxygen atoms in total. The van der Waals surface area contributed by atoms with Crippen LogP contribution in [0.3, 0.4) is 0 Å². The number of nitrogens with one attached hydrogen (secondary N) is 1. The zero-order chi connectivity index (χ0) is 18.7. The highest BCUT2D eigenvalue weighted by molar-refractivity contribution is 9.10. The lowest BCUT2D eigenvalue weighted by atomic mass is 10.2. The van der Waals surface area contributed by atoms with Gasteiger partial charge in [-0.25, -0.2) is 9.48 Å². The highest BCUT2D eigenvalue weighted by Crippen LogP contribution is 2.15. The Bertz CT molecular complexity index is 932. The van der Waals surface area contributed by atoms with Crippen LogP contribution in [0.25, 0.3) is 0 Å². The number of halogens is 1. The smallest absolute Gasteiger partial charge is 0.328 e. The normalized spacial score (nSPS) is 11.9. The number of carboxylic acids is 1. The Hall–Kier alpha value is -2.94. The van der Waals surface area contributed by atoms with Crippen LogP contribution in [-0.2, 0) is 11.3 Å². The van der Waals surface area contributed by atoms with E-state index in [9.17, 15) is 9.59 Å². The summed E-state index contributed by atoms with van der Waals surface area (Å²) in [4.78, 5) is 23.5. The first-order valence-corrected chi connectivity index (χ1v) is 8.58. The highest BCUT2D eigenvalue weighted by atomic mass is 79.9. The van der Waals surface area contributed by atoms with Crippen LogP contribution < -0.4 is 5.32 Å². The fourth-order valence-electron chi connectivity index (χ4n) is 2.41. The third kappa shape index (κ3) is 3.99. The van der Waals surface area contributed by atoms with Crippen LogP contribution in [0, 0.1) is 0 Å². The van der Waals surface area contributed by atoms with Crippen molar-refractivity contribution in [1.82, 2.24) is 19.6 Å². The molecule has 0 aliphatic heterocycles. The Labute approximate surface area is 157 Å². The van der Waals surface area contributed by atoms with Crippen molar-refractivity contribution < 1.29 is 14.7 Å². The number of carbonyl (C=O) groups excluding carboxylic acids is 1. The Morgan fingerprint density at radius 3 is 2.58 bits per heavy atom. The number of benzene rings is 1. The molecule has 2 heterocycles. The summed E-state index contributed by atoms with van der Waals surface area (Å²) < 4.78 is 3.89. The molecule has 0 saturated heterocycles. The molecule has 1 atom stereocenters. The van der Waals surface area contributed by atoms with Crippen molar-refractivity contribution in [2.45, 2.75) is 19.5 Å². The molecule has 3 aromatic rings. The lowest BCUT2D eigenvalue weighted by molar-refractivity contribution is -0.140. The topological polar surface area (TPSA) is 102 Å². The van der Waals surface area contributed by atoms with Crippen LogP contribution in [0.2, 0.25) is 0 Å². The molecule has 3 rings (SSSR count). The molecule has 1 unspecified atom stereocenters. The molecule has 0 bridgehead atoms. The maximum atomic E-state index is 12.4. The lowest BCUT2D eigenvalue weighted by Crippen LogP contribution is -2.24. The first-order valence-electron chi connectivity index (χ1n) is 7.78. The van der Waals surface area contributed by atoms with Crippen molar-refractivity contribution in [3.8, 4) is 0 Å². The van der Waals surface area contributed by atoms with Gasteiger partial charge in [0.2, 0.25) is 0 Å². The Kier molecular flexibility index (Phi) is 5.17. The van der Waals surface area contributed by atoms with Gasteiger partial charge < -0.3 is 10.4 Å². The van der Waals surface area contributed by atoms with E-state index in [1.807, 2.05) is 18.3 Å². The summed E-state index contributed by atoms with van der Waals surface area (Å²) in [6.07, 6.45) is 5.00. The molecular formula is C17H16BrN5O3. The van der Waals surface area contributed by atoms with Gasteiger partial charge in [-0.1, -0.05) is 12.1 Å². The summed E-state index contributed by atoms with van der Waals surface area (Å²) in [6.45, 7) is 2.08. The fourth-order valence-corrected chi connectivity index (χ4v) is 2.74. The van der Waals surface area contributed by atoms with E-state index in [4.69, 9.17) is 5.11 Å². The lowest BCUT2D eigenvalue weighted by Gasteiger charge is -2.12. The first-order chi connectivity index (χ1) is 12.4. The minimum atomic E-state index is -1.06. The van der Waals surface area contributed by atoms with Crippen LogP contribution in [-0.4, -0.2) is 36.5 Å². The van der Waals surface area contributed by atoms with Gasteiger partial charge in [0.25, 0.3) is 5.91 Å². The van der Waals surface area contributed by atoms with Crippen molar-refractivity contribution >= 4 is 33.5 Å². The number of carbonyl (C=O) groups is 2. The number of carboxylic acid groups (broad SMARTS) is 1. The van der Waals surface area contributed by atoms with Gasteiger partial charge in [-0.05, 0) is 46.6 Å². The fraction of sp³-hybridized carbons (Fsp3) is 0.176. The first kappa shape index (κ1) is 17.9. The number of nitrogens with zero attached hydrogens (tertiary/aromatic N) is 4. The SMILES string of the molecule is CC(C(=O)O)n1nccc1C(=O)Nc1ccc(Cn2cc(Br)cn2)cc1. The Balaban J connectivity index is 1.68. The minimum absolute atomic E-state index is 0.186. The number of aromatic nitrogens is 4. The molecule has 2 N–H and O–H groups in total. The van der Waals surface area contributed by atoms with E-state index >= 15 is 0 Å². The second-order valence-corrected chi connectivity index (χ2v) is 6.60. The zero-order valence-corrected chi connectivity index (χ0v) is 15.4. The quantitative estimate of drug-likeness (QED) is 0.641. The number of hydrogen-bond donors (Lipinski definition) is 2. The average molecular weight is 418 g/mol. The van der Waals surface area contributed by atoms with E-state index in [0.717, 1.165) is 10.0 Å². The molecule has 1 aromatic carbocycles. The number of amides is 1. The van der Waals surface area contributed by atoms with E-state index in [0.29, 0.717) is 12.2 Å². The predicted molar refractivity (Wildman–Crippen MR) is 98.0 cm³/mol. The molecule has 0 spiro atoms. The van der Waals surface area contributed by atoms with Crippen LogP contribution in [0.5, 0.6) is 0 Å². The Morgan fingerprint density at radius 1 is 1.23 bits per heavy atom. The molecule has 0 radical (unpaired) electrons. The van der Waals surface area contributed by atoms with Crippen molar-refractivity contribution in [1.29, 1.82) is 0 Å². The summed E-state index contributed by atoms with van der Waals surface area (Å²) >= 11 is 3.35. The molecule has 0 fully saturated rings. The van der Waals surface area contributed by atoms with Gasteiger partial charge in [0, 0.05) is 18.1 Å². The predicted octanol–water partition coefficient (Wildman–Crippen LogP) is 2.79. The molecule has 9 heteroatoms. The zero-order valence-electron chi connectivity index (χ0n) is 13.8. The van der Waals surface area contributed by atoms with E-state index < -0.39 is 17.9 Å². The van der Waals surface area contributed by atoms with Gasteiger partial charge in [-0.15, -0.1) is 0 Å². The van der Waals surface area contributed by atoms with Gasteiger partial charge in [0.1, 0.15) is 11.7 Å². The monoisotopic (exact) mass is 417 g/mol. The summed E-state index contributed by atoms with van der Waals surface area (Å²) in [5, 5.41) is 20.0. The van der Waals surface area contributed by atoms with Crippen LogP contribution in [0.15, 0.2) is 53.4 Å². The second-order valence-electron chi connectivity index (χ2n) is 5.68. The minimum Gasteiger partial charge on any atom is -0.480 e. The maximum Gasteiger partial charge on any atom is 0.328 e. The standard InChI is InChI=1S/C17H16BrN5O3/c1-11(17(25)26)23-15(6-7-19-23)16(24)21-14-4-2-12(3-5-14)9-22-10-13(18)8-20-22/h2-8,10-11H,9H2,1H3,(H,21,24)(H,25,26). The number of rotatable bonds is 6. The molecule has 2 aromatic heterocycles. The Morgan fingerprint density at radius 2 is 1.96 bits per heavy atom. The summed E-state index contributed by atoms with van der Waals surface area (Å²) in [5.74, 6) is -1.48. The van der Waals surface area contributed by atoms with Crippen LogP contribution in [0.1, 0.15) is 29.0 Å². The highest BCUT2D eigenvalue weighted by Gasteiger charge is 2.21. The molecule has 0 saturated carbocycles. The van der Waals surface area contributed by atoms with Gasteiger partial charge in [-0.2, -0.15) is 10.2 Å². The van der Waals surface area contributed by atoms with E-state index in [1.165, 1.54) is 23.9 Å². The summed E-state index contributed by atoms with van der Waals surface area (Å²) in [7, 11) is 0. The van der Waals surface area contributed by atoms with E-state index in [1.54, 1.807) is 23.0 Å². The molecular weight excluding hydrogens is 402 g/mol. The molecule has 26 heavy (non-hydrogen) atoms. The number of anilines is 1. The molecule has 0 aliphatic rings. The van der Waals surface area contributed by atoms with Crippen molar-refractivity contribution in [3.63, 3.8) is 0 Å². The number of hydrogen-bond acceptors (Lipinski definition) is 4. The number of aliphatic carboxylic acids is 1. The van der Waals surface area contributed by atoms with Crippen molar-refractivity contribution in [2.75, 3.05) is 5.32 Å². The summed E-state index contributed by atoms with van der Waals surface area (Å²) in [5.41, 5.74) is 1.82. The van der Waals surface area contributed by atoms with Crippen LogP contribution in [0.4, 0.5) is 5.69 Å². The molecule has 134 valence electrons. The molecule has 0 aliphatic carbocycles. The second kappa shape index (κ2) is 7.52. The van der Waals surface area contributed by atoms with Crippen molar-refractivity contribution in [3.05, 3.63) is 64.7 Å². The van der Waals surface area contributed by atoms with Gasteiger partial charge in [0.05, 0.1) is 17.2 Å². The van der Waals surface area contributed by atoms with Gasteiger partial charge in [-0.3, -0.25) is 9.48 Å². The van der Waals surface area contributed by atoms with E-state index in [-0.39, 0.29) is 5.69 Å². The van der Waals surface area contributed by atoms with Gasteiger partial charge >= 0.3 is 5.97 Å². The largest absolute Gasteiger partial charge is 0.480 e. The third-order valence-electron chi connectivity index (χ3n) is 3.79. The van der Waals surface area contributed by atoms with Crippen molar-refractivity contribution in [2.24, 2.45) is 0 Å².